The molecule has 0 fully saturated rings. The minimum absolute atomic E-state index is 0.203. The summed E-state index contributed by atoms with van der Waals surface area (Å²) in [7, 11) is 0.203. The van der Waals surface area contributed by atoms with Gasteiger partial charge in [-0.1, -0.05) is 42.3 Å². The van der Waals surface area contributed by atoms with E-state index in [1.807, 2.05) is 0 Å². The van der Waals surface area contributed by atoms with Crippen molar-refractivity contribution in [1.82, 2.24) is 0 Å². The first-order valence-electron chi connectivity index (χ1n) is 8.45. The van der Waals surface area contributed by atoms with Crippen molar-refractivity contribution >= 4 is 7.69 Å². The fraction of sp³-hybridized carbons (Fsp3) is 0. The van der Waals surface area contributed by atoms with E-state index in [2.05, 4.69) is 4.65 Å². The molecule has 0 aliphatic heterocycles. The average Bonchev–Trinajstić information content (AvgIpc) is 2.56. The molecule has 1 radical (unpaired) electrons. The highest BCUT2D eigenvalue weighted by molar-refractivity contribution is 6.17. The summed E-state index contributed by atoms with van der Waals surface area (Å²) >= 11 is 0. The zero-order valence-electron chi connectivity index (χ0n) is 16.4. The predicted molar refractivity (Wildman–Crippen MR) is 60.5 cm³/mol. The predicted octanol–water partition coefficient (Wildman–Crippen LogP) is 2.26. The van der Waals surface area contributed by atoms with Gasteiger partial charge in [-0.15, -0.1) is 0 Å². The molecular weight excluding hydrogens is 187 g/mol. The lowest BCUT2D eigenvalue weighted by Crippen LogP contribution is -1.99. The molecule has 2 aromatic carbocycles. The molecule has 2 rings (SSSR count). The molecule has 0 aliphatic rings. The average molecular weight is 206 g/mol. The van der Waals surface area contributed by atoms with Crippen molar-refractivity contribution in [2.24, 2.45) is 0 Å². The Kier molecular flexibility index (Phi) is 1.15. The summed E-state index contributed by atoms with van der Waals surface area (Å²) in [6, 6.07) is -5.78. The summed E-state index contributed by atoms with van der Waals surface area (Å²) in [5.41, 5.74) is -0.871. The van der Waals surface area contributed by atoms with Crippen LogP contribution >= 0.6 is 0 Å². The van der Waals surface area contributed by atoms with Crippen molar-refractivity contribution in [3.8, 4) is 16.9 Å². The number of rotatable bonds is 3. The van der Waals surface area contributed by atoms with Crippen LogP contribution in [0.15, 0.2) is 54.4 Å². The van der Waals surface area contributed by atoms with E-state index in [-0.39, 0.29) is 7.69 Å². The first kappa shape index (κ1) is 3.69. The normalized spacial score (nSPS) is 18.1. The van der Waals surface area contributed by atoms with Gasteiger partial charge in [0, 0.05) is 0 Å². The molecule has 0 aromatic heterocycles. The van der Waals surface area contributed by atoms with Crippen LogP contribution in [0.4, 0.5) is 0 Å². The van der Waals surface area contributed by atoms with Gasteiger partial charge in [0.2, 0.25) is 0 Å². The molecule has 0 saturated carbocycles. The van der Waals surface area contributed by atoms with E-state index < -0.39 is 71.3 Å². The van der Waals surface area contributed by atoms with Gasteiger partial charge >= 0.3 is 7.69 Å². The van der Waals surface area contributed by atoms with Crippen molar-refractivity contribution in [3.63, 3.8) is 0 Å². The van der Waals surface area contributed by atoms with Gasteiger partial charge in [0.25, 0.3) is 0 Å². The zero-order valence-corrected chi connectivity index (χ0v) is 7.43. The van der Waals surface area contributed by atoms with Crippen molar-refractivity contribution in [2.75, 3.05) is 0 Å². The molecule has 1 N–H and O–H groups in total. The highest BCUT2D eigenvalue weighted by Gasteiger charge is 1.97. The molecule has 3 heteroatoms. The Bertz CT molecular complexity index is 782. The van der Waals surface area contributed by atoms with Crippen molar-refractivity contribution in [1.29, 1.82) is 0 Å². The maximum atomic E-state index is 8.66. The SMILES string of the molecule is [2H]c1c([2H])c([2H])c(-c2c([2H])c([2H])c(O[B]O)c([2H])c2[2H])c([2H])c1[2H]. The second kappa shape index (κ2) is 4.67. The third-order valence-corrected chi connectivity index (χ3v) is 1.52. The number of hydrogen-bond donors (Lipinski definition) is 1. The summed E-state index contributed by atoms with van der Waals surface area (Å²) in [6.45, 7) is 0. The van der Waals surface area contributed by atoms with E-state index in [0.29, 0.717) is 0 Å². The fourth-order valence-electron chi connectivity index (χ4n) is 0.913. The van der Waals surface area contributed by atoms with Crippen LogP contribution in [0, 0.1) is 0 Å². The molecule has 0 unspecified atom stereocenters. The molecule has 0 saturated heterocycles. The van der Waals surface area contributed by atoms with Crippen molar-refractivity contribution in [2.45, 2.75) is 0 Å². The Morgan fingerprint density at radius 1 is 0.933 bits per heavy atom. The van der Waals surface area contributed by atoms with E-state index in [1.165, 1.54) is 0 Å². The summed E-state index contributed by atoms with van der Waals surface area (Å²) in [5.74, 6) is -0.538. The van der Waals surface area contributed by atoms with E-state index in [1.54, 1.807) is 0 Å². The van der Waals surface area contributed by atoms with Gasteiger partial charge in [-0.3, -0.25) is 0 Å². The molecular formula is C12H10BO2. The lowest BCUT2D eigenvalue weighted by molar-refractivity contribution is 0.454. The molecule has 2 nitrogen and oxygen atoms in total. The third kappa shape index (κ3) is 2.39. The molecule has 0 aliphatic carbocycles. The molecule has 0 heterocycles. The molecule has 0 amide bonds. The maximum absolute atomic E-state index is 8.66. The quantitative estimate of drug-likeness (QED) is 0.780. The third-order valence-electron chi connectivity index (χ3n) is 1.52. The minimum atomic E-state index is -0.650. The van der Waals surface area contributed by atoms with Crippen LogP contribution in [0.2, 0.25) is 0 Å². The van der Waals surface area contributed by atoms with E-state index in [9.17, 15) is 0 Å². The summed E-state index contributed by atoms with van der Waals surface area (Å²) in [5, 5.41) is 8.66. The van der Waals surface area contributed by atoms with Crippen LogP contribution in [0.5, 0.6) is 5.75 Å². The van der Waals surface area contributed by atoms with Crippen LogP contribution < -0.4 is 4.65 Å². The smallest absolute Gasteiger partial charge is 0.537 e. The van der Waals surface area contributed by atoms with E-state index in [0.717, 1.165) is 0 Å². The summed E-state index contributed by atoms with van der Waals surface area (Å²) in [6.07, 6.45) is 0. The zero-order chi connectivity index (χ0) is 18.3. The first-order chi connectivity index (χ1) is 11.1. The van der Waals surface area contributed by atoms with E-state index in [4.69, 9.17) is 17.4 Å². The van der Waals surface area contributed by atoms with Crippen LogP contribution in [0.1, 0.15) is 12.3 Å². The van der Waals surface area contributed by atoms with Gasteiger partial charge in [-0.25, -0.2) is 0 Å². The number of hydrogen-bond acceptors (Lipinski definition) is 2. The summed E-state index contributed by atoms with van der Waals surface area (Å²) in [4.78, 5) is 0. The molecule has 73 valence electrons. The lowest BCUT2D eigenvalue weighted by Gasteiger charge is -2.04. The Labute approximate surface area is 102 Å². The highest BCUT2D eigenvalue weighted by Crippen LogP contribution is 2.21. The highest BCUT2D eigenvalue weighted by atomic mass is 16.5. The first-order valence-corrected chi connectivity index (χ1v) is 3.95. The maximum Gasteiger partial charge on any atom is 0.569 e. The second-order valence-corrected chi connectivity index (χ2v) is 2.43. The van der Waals surface area contributed by atoms with Crippen LogP contribution in [-0.2, 0) is 0 Å². The Hall–Kier alpha value is -1.74. The Morgan fingerprint density at radius 3 is 2.13 bits per heavy atom. The largest absolute Gasteiger partial charge is 0.569 e. The topological polar surface area (TPSA) is 29.5 Å². The summed E-state index contributed by atoms with van der Waals surface area (Å²) < 4.78 is 74.8. The van der Waals surface area contributed by atoms with Gasteiger partial charge in [-0.2, -0.15) is 0 Å². The van der Waals surface area contributed by atoms with Gasteiger partial charge in [-0.05, 0) is 23.2 Å². The van der Waals surface area contributed by atoms with Crippen LogP contribution in [-0.4, -0.2) is 12.7 Å². The Morgan fingerprint density at radius 2 is 1.53 bits per heavy atom. The van der Waals surface area contributed by atoms with Gasteiger partial charge in [0.05, 0.1) is 12.3 Å². The number of benzene rings is 2. The fourth-order valence-corrected chi connectivity index (χ4v) is 0.913. The van der Waals surface area contributed by atoms with Crippen LogP contribution in [0.3, 0.4) is 0 Å². The Balaban J connectivity index is 2.95. The molecule has 2 aromatic rings. The van der Waals surface area contributed by atoms with Crippen LogP contribution in [0.25, 0.3) is 11.1 Å². The van der Waals surface area contributed by atoms with Gasteiger partial charge in [0.15, 0.2) is 0 Å². The van der Waals surface area contributed by atoms with Gasteiger partial charge < -0.3 is 9.68 Å². The van der Waals surface area contributed by atoms with E-state index >= 15 is 0 Å². The minimum Gasteiger partial charge on any atom is -0.537 e. The molecule has 0 spiro atoms. The monoisotopic (exact) mass is 206 g/mol. The van der Waals surface area contributed by atoms with Crippen molar-refractivity contribution in [3.05, 3.63) is 54.4 Å². The molecule has 0 bridgehead atoms. The lowest BCUT2D eigenvalue weighted by atomic mass is 10.1. The van der Waals surface area contributed by atoms with Gasteiger partial charge in [0.1, 0.15) is 5.75 Å². The molecule has 0 atom stereocenters. The second-order valence-electron chi connectivity index (χ2n) is 2.43. The standard InChI is InChI=1S/C12H10BO2/c14-13-15-12-8-6-11(7-9-12)10-4-2-1-3-5-10/h1-9,14H/i1D,2D,3D,4D,5D,6D,7D,8D,9D. The van der Waals surface area contributed by atoms with Crippen molar-refractivity contribution < 1.29 is 22.0 Å². The molecule has 15 heavy (non-hydrogen) atoms.